The molecule has 2 unspecified atom stereocenters. The maximum Gasteiger partial charge on any atom is 0.247 e. The molecule has 1 heterocycles. The number of rotatable bonds is 3. The summed E-state index contributed by atoms with van der Waals surface area (Å²) in [6.07, 6.45) is 0.881. The zero-order chi connectivity index (χ0) is 10.7. The minimum absolute atomic E-state index is 0.0222. The largest absolute Gasteiger partial charge is 0.368 e. The van der Waals surface area contributed by atoms with Gasteiger partial charge in [-0.3, -0.25) is 14.8 Å². The summed E-state index contributed by atoms with van der Waals surface area (Å²) in [6.45, 7) is 3.72. The molecule has 0 aromatic carbocycles. The third-order valence-corrected chi connectivity index (χ3v) is 1.97. The van der Waals surface area contributed by atoms with Crippen LogP contribution in [0.2, 0.25) is 0 Å². The minimum atomic E-state index is -0.739. The van der Waals surface area contributed by atoms with Crippen molar-refractivity contribution in [2.45, 2.75) is 32.2 Å². The highest BCUT2D eigenvalue weighted by atomic mass is 79.9. The van der Waals surface area contributed by atoms with Crippen LogP contribution in [0, 0.1) is 0 Å². The number of carbonyl (C=O) groups is 1. The Balaban J connectivity index is 2.75. The van der Waals surface area contributed by atoms with E-state index in [-0.39, 0.29) is 6.10 Å². The third-order valence-electron chi connectivity index (χ3n) is 1.56. The fourth-order valence-electron chi connectivity index (χ4n) is 1.04. The monoisotopic (exact) mass is 261 g/mol. The highest BCUT2D eigenvalue weighted by molar-refractivity contribution is 9.19. The fraction of sp³-hybridized carbons (Fsp3) is 0.625. The molecule has 0 bridgehead atoms. The Kier molecular flexibility index (Phi) is 3.77. The van der Waals surface area contributed by atoms with Gasteiger partial charge in [-0.15, -0.1) is 0 Å². The predicted molar refractivity (Wildman–Crippen MR) is 57.8 cm³/mol. The molecule has 0 saturated carbocycles. The van der Waals surface area contributed by atoms with Gasteiger partial charge < -0.3 is 10.5 Å². The van der Waals surface area contributed by atoms with E-state index >= 15 is 0 Å². The van der Waals surface area contributed by atoms with Gasteiger partial charge in [-0.25, -0.2) is 0 Å². The molecule has 0 aromatic rings. The number of halogens is 1. The summed E-state index contributed by atoms with van der Waals surface area (Å²) in [5.41, 5.74) is 5.17. The highest BCUT2D eigenvalue weighted by Crippen LogP contribution is 2.13. The van der Waals surface area contributed by atoms with Crippen LogP contribution >= 0.6 is 15.9 Å². The first-order valence-corrected chi connectivity index (χ1v) is 5.01. The van der Waals surface area contributed by atoms with Crippen molar-refractivity contribution in [2.24, 2.45) is 15.7 Å². The zero-order valence-electron chi connectivity index (χ0n) is 7.98. The van der Waals surface area contributed by atoms with E-state index < -0.39 is 18.2 Å². The van der Waals surface area contributed by atoms with Gasteiger partial charge >= 0.3 is 0 Å². The fourth-order valence-corrected chi connectivity index (χ4v) is 1.38. The molecule has 1 rings (SSSR count). The van der Waals surface area contributed by atoms with Crippen molar-refractivity contribution >= 4 is 32.7 Å². The summed E-state index contributed by atoms with van der Waals surface area (Å²) >= 11 is 3.13. The molecule has 6 heteroatoms. The van der Waals surface area contributed by atoms with Crippen LogP contribution in [-0.4, -0.2) is 35.1 Å². The van der Waals surface area contributed by atoms with Crippen molar-refractivity contribution in [3.63, 3.8) is 0 Å². The van der Waals surface area contributed by atoms with Crippen LogP contribution in [0.1, 0.15) is 13.8 Å². The molecule has 0 radical (unpaired) electrons. The molecule has 1 amide bonds. The predicted octanol–water partition coefficient (Wildman–Crippen LogP) is 0.469. The molecule has 2 N–H and O–H groups in total. The number of hydrogen-bond donors (Lipinski definition) is 1. The summed E-state index contributed by atoms with van der Waals surface area (Å²) in [7, 11) is 0. The van der Waals surface area contributed by atoms with Gasteiger partial charge in [-0.1, -0.05) is 0 Å². The van der Waals surface area contributed by atoms with Crippen LogP contribution < -0.4 is 5.73 Å². The number of carbonyl (C=O) groups excluding carboxylic acids is 1. The van der Waals surface area contributed by atoms with Crippen LogP contribution in [0.5, 0.6) is 0 Å². The topological polar surface area (TPSA) is 77.0 Å². The molecular weight excluding hydrogens is 250 g/mol. The summed E-state index contributed by atoms with van der Waals surface area (Å²) in [6, 6.07) is -0.739. The molecule has 0 aliphatic carbocycles. The number of nitrogens with zero attached hydrogens (tertiary/aromatic N) is 2. The van der Waals surface area contributed by atoms with E-state index in [2.05, 4.69) is 25.9 Å². The number of nitrogens with two attached hydrogens (primary N) is 1. The first-order chi connectivity index (χ1) is 6.50. The Morgan fingerprint density at radius 1 is 1.71 bits per heavy atom. The van der Waals surface area contributed by atoms with Gasteiger partial charge in [0, 0.05) is 0 Å². The second-order valence-electron chi connectivity index (χ2n) is 3.15. The van der Waals surface area contributed by atoms with Gasteiger partial charge in [0.2, 0.25) is 5.91 Å². The molecule has 0 spiro atoms. The van der Waals surface area contributed by atoms with Crippen LogP contribution in [0.25, 0.3) is 0 Å². The number of aliphatic imine (C=N–C) groups is 2. The standard InChI is InChI=1S/C8H12BrN3O2/c1-4(2)14-8-6(7(10)13)12-5(9)3-11-8/h3-4,6,8H,1-2H3,(H2,10,13). The first kappa shape index (κ1) is 11.3. The average Bonchev–Trinajstić information content (AvgIpc) is 2.07. The molecule has 1 aliphatic heterocycles. The van der Waals surface area contributed by atoms with E-state index in [1.54, 1.807) is 0 Å². The van der Waals surface area contributed by atoms with Crippen molar-refractivity contribution in [1.29, 1.82) is 0 Å². The quantitative estimate of drug-likeness (QED) is 0.802. The maximum atomic E-state index is 11.0. The molecule has 0 saturated heterocycles. The Bertz CT molecular complexity index is 288. The van der Waals surface area contributed by atoms with Crippen molar-refractivity contribution in [1.82, 2.24) is 0 Å². The Hall–Kier alpha value is -0.750. The molecular formula is C8H12BrN3O2. The van der Waals surface area contributed by atoms with Gasteiger partial charge in [-0.2, -0.15) is 0 Å². The molecule has 1 aliphatic rings. The van der Waals surface area contributed by atoms with Crippen LogP contribution in [0.3, 0.4) is 0 Å². The lowest BCUT2D eigenvalue weighted by molar-refractivity contribution is -0.123. The van der Waals surface area contributed by atoms with Crippen molar-refractivity contribution in [2.75, 3.05) is 0 Å². The lowest BCUT2D eigenvalue weighted by Gasteiger charge is -2.23. The minimum Gasteiger partial charge on any atom is -0.368 e. The van der Waals surface area contributed by atoms with Gasteiger partial charge in [-0.05, 0) is 29.8 Å². The maximum absolute atomic E-state index is 11.0. The summed E-state index contributed by atoms with van der Waals surface area (Å²) in [5, 5.41) is 0. The second-order valence-corrected chi connectivity index (χ2v) is 3.97. The number of primary amides is 1. The number of hydrogen-bond acceptors (Lipinski definition) is 4. The van der Waals surface area contributed by atoms with E-state index in [1.165, 1.54) is 6.21 Å². The van der Waals surface area contributed by atoms with Crippen LogP contribution in [0.15, 0.2) is 9.98 Å². The third kappa shape index (κ3) is 2.88. The van der Waals surface area contributed by atoms with Crippen LogP contribution in [-0.2, 0) is 9.53 Å². The second kappa shape index (κ2) is 4.65. The normalized spacial score (nSPS) is 26.4. The number of ether oxygens (including phenoxy) is 1. The van der Waals surface area contributed by atoms with E-state index in [9.17, 15) is 4.79 Å². The van der Waals surface area contributed by atoms with Gasteiger partial charge in [0.05, 0.1) is 12.3 Å². The molecule has 14 heavy (non-hydrogen) atoms. The lowest BCUT2D eigenvalue weighted by atomic mass is 10.2. The summed E-state index contributed by atoms with van der Waals surface area (Å²) in [4.78, 5) is 19.1. The van der Waals surface area contributed by atoms with Gasteiger partial charge in [0.15, 0.2) is 12.3 Å². The van der Waals surface area contributed by atoms with E-state index in [0.29, 0.717) is 4.62 Å². The van der Waals surface area contributed by atoms with E-state index in [0.717, 1.165) is 0 Å². The lowest BCUT2D eigenvalue weighted by Crippen LogP contribution is -2.41. The zero-order valence-corrected chi connectivity index (χ0v) is 9.56. The first-order valence-electron chi connectivity index (χ1n) is 4.22. The average molecular weight is 262 g/mol. The molecule has 0 aromatic heterocycles. The van der Waals surface area contributed by atoms with E-state index in [4.69, 9.17) is 10.5 Å². The SMILES string of the molecule is CC(C)OC1N=CC(Br)=NC1C(N)=O. The summed E-state index contributed by atoms with van der Waals surface area (Å²) < 4.78 is 5.89. The highest BCUT2D eigenvalue weighted by Gasteiger charge is 2.29. The smallest absolute Gasteiger partial charge is 0.247 e. The Morgan fingerprint density at radius 2 is 2.36 bits per heavy atom. The number of amides is 1. The molecule has 78 valence electrons. The molecule has 0 fully saturated rings. The summed E-state index contributed by atoms with van der Waals surface area (Å²) in [5.74, 6) is -0.538. The van der Waals surface area contributed by atoms with Crippen molar-refractivity contribution in [3.8, 4) is 0 Å². The van der Waals surface area contributed by atoms with Gasteiger partial charge in [0.25, 0.3) is 0 Å². The van der Waals surface area contributed by atoms with Gasteiger partial charge in [0.1, 0.15) is 4.62 Å². The Labute approximate surface area is 90.6 Å². The van der Waals surface area contributed by atoms with Crippen molar-refractivity contribution in [3.05, 3.63) is 0 Å². The Morgan fingerprint density at radius 3 is 2.86 bits per heavy atom. The van der Waals surface area contributed by atoms with E-state index in [1.807, 2.05) is 13.8 Å². The van der Waals surface area contributed by atoms with Crippen LogP contribution in [0.4, 0.5) is 0 Å². The molecule has 5 nitrogen and oxygen atoms in total. The molecule has 2 atom stereocenters. The van der Waals surface area contributed by atoms with Crippen molar-refractivity contribution < 1.29 is 9.53 Å².